The van der Waals surface area contributed by atoms with Crippen LogP contribution < -0.4 is 5.32 Å². The van der Waals surface area contributed by atoms with Crippen molar-refractivity contribution >= 4 is 5.97 Å². The Morgan fingerprint density at radius 3 is 2.94 bits per heavy atom. The van der Waals surface area contributed by atoms with Crippen LogP contribution in [0.1, 0.15) is 25.7 Å². The van der Waals surface area contributed by atoms with Gasteiger partial charge in [-0.15, -0.1) is 0 Å². The number of esters is 1. The highest BCUT2D eigenvalue weighted by Crippen LogP contribution is 2.38. The molecule has 3 fully saturated rings. The SMILES string of the molecule is COC(=O)C1(NCC2CC2)CCN2CCC1C2. The van der Waals surface area contributed by atoms with Gasteiger partial charge in [-0.3, -0.25) is 4.79 Å². The number of nitrogens with zero attached hydrogens (tertiary/aromatic N) is 1. The molecule has 0 aromatic heterocycles. The van der Waals surface area contributed by atoms with Gasteiger partial charge in [0.1, 0.15) is 5.54 Å². The van der Waals surface area contributed by atoms with Crippen molar-refractivity contribution in [3.8, 4) is 0 Å². The first-order valence-electron chi connectivity index (χ1n) is 6.80. The molecule has 3 aliphatic rings. The first-order chi connectivity index (χ1) is 8.24. The average molecular weight is 238 g/mol. The summed E-state index contributed by atoms with van der Waals surface area (Å²) < 4.78 is 5.08. The lowest BCUT2D eigenvalue weighted by Gasteiger charge is -2.41. The van der Waals surface area contributed by atoms with Gasteiger partial charge >= 0.3 is 5.97 Å². The maximum atomic E-state index is 12.2. The zero-order valence-corrected chi connectivity index (χ0v) is 10.6. The molecule has 0 radical (unpaired) electrons. The summed E-state index contributed by atoms with van der Waals surface area (Å²) in [4.78, 5) is 14.7. The smallest absolute Gasteiger partial charge is 0.326 e. The van der Waals surface area contributed by atoms with Gasteiger partial charge in [0, 0.05) is 19.0 Å². The molecule has 3 rings (SSSR count). The van der Waals surface area contributed by atoms with E-state index in [1.807, 2.05) is 0 Å². The highest BCUT2D eigenvalue weighted by molar-refractivity contribution is 5.81. The van der Waals surface area contributed by atoms with Crippen molar-refractivity contribution in [2.24, 2.45) is 11.8 Å². The standard InChI is InChI=1S/C13H22N2O2/c1-17-12(16)13(14-8-10-2-3-10)5-7-15-6-4-11(13)9-15/h10-11,14H,2-9H2,1H3. The minimum atomic E-state index is -0.385. The van der Waals surface area contributed by atoms with Crippen LogP contribution in [0.4, 0.5) is 0 Å². The molecule has 2 aliphatic heterocycles. The molecule has 3 unspecified atom stereocenters. The summed E-state index contributed by atoms with van der Waals surface area (Å²) >= 11 is 0. The van der Waals surface area contributed by atoms with E-state index in [-0.39, 0.29) is 11.5 Å². The Morgan fingerprint density at radius 1 is 1.41 bits per heavy atom. The third kappa shape index (κ3) is 1.97. The van der Waals surface area contributed by atoms with E-state index in [9.17, 15) is 4.79 Å². The van der Waals surface area contributed by atoms with Crippen molar-refractivity contribution in [1.29, 1.82) is 0 Å². The third-order valence-corrected chi connectivity index (χ3v) is 4.74. The lowest BCUT2D eigenvalue weighted by molar-refractivity contribution is -0.152. The summed E-state index contributed by atoms with van der Waals surface area (Å²) in [6, 6.07) is 0. The normalized spacial score (nSPS) is 40.3. The topological polar surface area (TPSA) is 41.6 Å². The number of carbonyl (C=O) groups is 1. The van der Waals surface area contributed by atoms with E-state index in [1.54, 1.807) is 0 Å². The fraction of sp³-hybridized carbons (Fsp3) is 0.923. The Kier molecular flexibility index (Phi) is 2.87. The van der Waals surface area contributed by atoms with Crippen LogP contribution in [0.15, 0.2) is 0 Å². The second kappa shape index (κ2) is 4.25. The lowest BCUT2D eigenvalue weighted by atomic mass is 9.78. The van der Waals surface area contributed by atoms with E-state index in [0.717, 1.165) is 44.9 Å². The maximum Gasteiger partial charge on any atom is 0.326 e. The number of carbonyl (C=O) groups excluding carboxylic acids is 1. The van der Waals surface area contributed by atoms with Gasteiger partial charge in [0.05, 0.1) is 7.11 Å². The summed E-state index contributed by atoms with van der Waals surface area (Å²) in [6.07, 6.45) is 4.69. The Balaban J connectivity index is 1.76. The second-order valence-corrected chi connectivity index (χ2v) is 5.82. The van der Waals surface area contributed by atoms with E-state index in [1.165, 1.54) is 20.0 Å². The van der Waals surface area contributed by atoms with Gasteiger partial charge in [-0.05, 0) is 44.7 Å². The molecule has 0 spiro atoms. The number of hydrogen-bond donors (Lipinski definition) is 1. The van der Waals surface area contributed by atoms with Gasteiger partial charge in [-0.1, -0.05) is 0 Å². The van der Waals surface area contributed by atoms with Crippen molar-refractivity contribution in [3.63, 3.8) is 0 Å². The van der Waals surface area contributed by atoms with Crippen molar-refractivity contribution < 1.29 is 9.53 Å². The van der Waals surface area contributed by atoms with Crippen LogP contribution in [0, 0.1) is 11.8 Å². The van der Waals surface area contributed by atoms with E-state index >= 15 is 0 Å². The summed E-state index contributed by atoms with van der Waals surface area (Å²) in [5.74, 6) is 1.21. The minimum Gasteiger partial charge on any atom is -0.468 e. The van der Waals surface area contributed by atoms with Crippen LogP contribution in [0.25, 0.3) is 0 Å². The van der Waals surface area contributed by atoms with Gasteiger partial charge in [0.15, 0.2) is 0 Å². The molecule has 17 heavy (non-hydrogen) atoms. The third-order valence-electron chi connectivity index (χ3n) is 4.74. The van der Waals surface area contributed by atoms with Crippen LogP contribution >= 0.6 is 0 Å². The van der Waals surface area contributed by atoms with Gasteiger partial charge in [0.2, 0.25) is 0 Å². The minimum absolute atomic E-state index is 0.0373. The van der Waals surface area contributed by atoms with E-state index < -0.39 is 0 Å². The number of ether oxygens (including phenoxy) is 1. The average Bonchev–Trinajstić information content (AvgIpc) is 3.10. The van der Waals surface area contributed by atoms with E-state index in [2.05, 4.69) is 10.2 Å². The fourth-order valence-electron chi connectivity index (χ4n) is 3.38. The van der Waals surface area contributed by atoms with E-state index in [0.29, 0.717) is 5.92 Å². The summed E-state index contributed by atoms with van der Waals surface area (Å²) in [5, 5.41) is 3.57. The quantitative estimate of drug-likeness (QED) is 0.729. The van der Waals surface area contributed by atoms with Crippen molar-refractivity contribution in [2.45, 2.75) is 31.2 Å². The number of rotatable bonds is 4. The molecule has 1 saturated carbocycles. The molecule has 4 heteroatoms. The van der Waals surface area contributed by atoms with Crippen LogP contribution in [0.3, 0.4) is 0 Å². The van der Waals surface area contributed by atoms with Crippen LogP contribution in [0.2, 0.25) is 0 Å². The molecule has 0 amide bonds. The predicted molar refractivity (Wildman–Crippen MR) is 64.6 cm³/mol. The number of piperidine rings is 1. The van der Waals surface area contributed by atoms with Crippen LogP contribution in [0.5, 0.6) is 0 Å². The largest absolute Gasteiger partial charge is 0.468 e. The van der Waals surface area contributed by atoms with Crippen LogP contribution in [-0.4, -0.2) is 49.7 Å². The second-order valence-electron chi connectivity index (χ2n) is 5.82. The van der Waals surface area contributed by atoms with Gasteiger partial charge in [-0.25, -0.2) is 0 Å². The molecular weight excluding hydrogens is 216 g/mol. The summed E-state index contributed by atoms with van der Waals surface area (Å²) in [6.45, 7) is 4.23. The maximum absolute atomic E-state index is 12.2. The number of fused-ring (bicyclic) bond motifs is 2. The molecule has 96 valence electrons. The molecule has 0 aromatic rings. The van der Waals surface area contributed by atoms with Crippen molar-refractivity contribution in [2.75, 3.05) is 33.3 Å². The predicted octanol–water partition coefficient (Wildman–Crippen LogP) is 0.623. The molecule has 2 bridgehead atoms. The molecule has 4 nitrogen and oxygen atoms in total. The molecule has 3 atom stereocenters. The Hall–Kier alpha value is -0.610. The van der Waals surface area contributed by atoms with Gasteiger partial charge in [-0.2, -0.15) is 0 Å². The number of methoxy groups -OCH3 is 1. The molecular formula is C13H22N2O2. The summed E-state index contributed by atoms with van der Waals surface area (Å²) in [7, 11) is 1.52. The Bertz CT molecular complexity index is 317. The van der Waals surface area contributed by atoms with Crippen molar-refractivity contribution in [1.82, 2.24) is 10.2 Å². The Morgan fingerprint density at radius 2 is 2.24 bits per heavy atom. The molecule has 1 N–H and O–H groups in total. The highest BCUT2D eigenvalue weighted by atomic mass is 16.5. The van der Waals surface area contributed by atoms with E-state index in [4.69, 9.17) is 4.74 Å². The van der Waals surface area contributed by atoms with Crippen LogP contribution in [-0.2, 0) is 9.53 Å². The fourth-order valence-corrected chi connectivity index (χ4v) is 3.38. The molecule has 2 heterocycles. The van der Waals surface area contributed by atoms with Gasteiger partial charge < -0.3 is 15.0 Å². The number of nitrogens with one attached hydrogen (secondary N) is 1. The van der Waals surface area contributed by atoms with Gasteiger partial charge in [0.25, 0.3) is 0 Å². The number of hydrogen-bond acceptors (Lipinski definition) is 4. The first kappa shape index (κ1) is 11.5. The zero-order chi connectivity index (χ0) is 11.9. The highest BCUT2D eigenvalue weighted by Gasteiger charge is 2.52. The zero-order valence-electron chi connectivity index (χ0n) is 10.6. The summed E-state index contributed by atoms with van der Waals surface area (Å²) in [5.41, 5.74) is -0.385. The lowest BCUT2D eigenvalue weighted by Crippen LogP contribution is -2.62. The van der Waals surface area contributed by atoms with Crippen molar-refractivity contribution in [3.05, 3.63) is 0 Å². The Labute approximate surface area is 103 Å². The molecule has 1 aliphatic carbocycles. The molecule has 2 saturated heterocycles. The molecule has 0 aromatic carbocycles. The monoisotopic (exact) mass is 238 g/mol. The first-order valence-corrected chi connectivity index (χ1v) is 6.80.